The number of pyridine rings is 1. The van der Waals surface area contributed by atoms with Gasteiger partial charge in [-0.05, 0) is 44.2 Å². The molecule has 2 fully saturated rings. The standard InChI is InChI=1S/C19H28N4O3/c1-14(13-24)21-17-5-4-16(11-20-17)19(26)22-9-6-15(7-10-22)12-23-8-2-3-18(23)25/h4-5,11,14-15,24H,2-3,6-10,12-13H2,1H3,(H,20,21)/t14-/m0/s1. The molecule has 1 aromatic heterocycles. The molecule has 0 unspecified atom stereocenters. The summed E-state index contributed by atoms with van der Waals surface area (Å²) >= 11 is 0. The molecule has 7 nitrogen and oxygen atoms in total. The van der Waals surface area contributed by atoms with Gasteiger partial charge in [0.25, 0.3) is 5.91 Å². The summed E-state index contributed by atoms with van der Waals surface area (Å²) in [4.78, 5) is 32.5. The van der Waals surface area contributed by atoms with E-state index in [0.717, 1.165) is 45.4 Å². The number of likely N-dealkylation sites (tertiary alicyclic amines) is 2. The molecule has 0 aromatic carbocycles. The highest BCUT2D eigenvalue weighted by Crippen LogP contribution is 2.22. The fourth-order valence-electron chi connectivity index (χ4n) is 3.61. The number of aromatic nitrogens is 1. The molecule has 1 aromatic rings. The lowest BCUT2D eigenvalue weighted by molar-refractivity contribution is -0.128. The number of carbonyl (C=O) groups excluding carboxylic acids is 2. The first-order valence-corrected chi connectivity index (χ1v) is 9.47. The first-order chi connectivity index (χ1) is 12.6. The normalized spacial score (nSPS) is 19.7. The van der Waals surface area contributed by atoms with Crippen molar-refractivity contribution in [2.24, 2.45) is 5.92 Å². The predicted octanol–water partition coefficient (Wildman–Crippen LogP) is 1.35. The van der Waals surface area contributed by atoms with Crippen LogP contribution in [0, 0.1) is 5.92 Å². The Hall–Kier alpha value is -2.15. The van der Waals surface area contributed by atoms with Crippen LogP contribution in [0.1, 0.15) is 43.0 Å². The molecular weight excluding hydrogens is 332 g/mol. The number of nitrogens with zero attached hydrogens (tertiary/aromatic N) is 3. The van der Waals surface area contributed by atoms with Gasteiger partial charge in [0, 0.05) is 44.8 Å². The van der Waals surface area contributed by atoms with E-state index < -0.39 is 0 Å². The second-order valence-corrected chi connectivity index (χ2v) is 7.34. The molecule has 0 saturated carbocycles. The summed E-state index contributed by atoms with van der Waals surface area (Å²) in [7, 11) is 0. The van der Waals surface area contributed by atoms with Gasteiger partial charge in [-0.15, -0.1) is 0 Å². The van der Waals surface area contributed by atoms with Crippen molar-refractivity contribution in [1.82, 2.24) is 14.8 Å². The van der Waals surface area contributed by atoms with E-state index in [1.165, 1.54) is 0 Å². The molecule has 2 amide bonds. The Morgan fingerprint density at radius 2 is 2.12 bits per heavy atom. The summed E-state index contributed by atoms with van der Waals surface area (Å²) < 4.78 is 0. The third-order valence-corrected chi connectivity index (χ3v) is 5.23. The number of nitrogens with one attached hydrogen (secondary N) is 1. The first-order valence-electron chi connectivity index (χ1n) is 9.47. The number of rotatable bonds is 6. The SMILES string of the molecule is C[C@@H](CO)Nc1ccc(C(=O)N2CCC(CN3CCCC3=O)CC2)cn1. The minimum atomic E-state index is -0.0782. The molecule has 7 heteroatoms. The summed E-state index contributed by atoms with van der Waals surface area (Å²) in [5.74, 6) is 1.43. The lowest BCUT2D eigenvalue weighted by atomic mass is 9.96. The number of hydrogen-bond acceptors (Lipinski definition) is 5. The van der Waals surface area contributed by atoms with E-state index >= 15 is 0 Å². The summed E-state index contributed by atoms with van der Waals surface area (Å²) in [6.45, 7) is 5.08. The minimum absolute atomic E-state index is 0.00922. The van der Waals surface area contributed by atoms with Crippen molar-refractivity contribution in [3.05, 3.63) is 23.9 Å². The fourth-order valence-corrected chi connectivity index (χ4v) is 3.61. The van der Waals surface area contributed by atoms with Crippen LogP contribution in [-0.2, 0) is 4.79 Å². The number of amides is 2. The third-order valence-electron chi connectivity index (χ3n) is 5.23. The monoisotopic (exact) mass is 360 g/mol. The Balaban J connectivity index is 1.49. The summed E-state index contributed by atoms with van der Waals surface area (Å²) in [5, 5.41) is 12.1. The maximum atomic E-state index is 12.7. The largest absolute Gasteiger partial charge is 0.394 e. The first kappa shape index (κ1) is 18.6. The molecule has 0 bridgehead atoms. The number of piperidine rings is 1. The van der Waals surface area contributed by atoms with Crippen molar-refractivity contribution in [2.45, 2.75) is 38.6 Å². The average molecular weight is 360 g/mol. The fraction of sp³-hybridized carbons (Fsp3) is 0.632. The molecule has 0 spiro atoms. The topological polar surface area (TPSA) is 85.8 Å². The van der Waals surface area contributed by atoms with Gasteiger partial charge in [0.2, 0.25) is 5.91 Å². The van der Waals surface area contributed by atoms with Crippen LogP contribution in [-0.4, -0.2) is 70.5 Å². The Morgan fingerprint density at radius 3 is 2.69 bits per heavy atom. The predicted molar refractivity (Wildman–Crippen MR) is 98.8 cm³/mol. The zero-order valence-corrected chi connectivity index (χ0v) is 15.4. The van der Waals surface area contributed by atoms with Gasteiger partial charge in [0.05, 0.1) is 12.2 Å². The molecule has 3 heterocycles. The van der Waals surface area contributed by atoms with Gasteiger partial charge < -0.3 is 20.2 Å². The number of carbonyl (C=O) groups is 2. The number of aliphatic hydroxyl groups excluding tert-OH is 1. The molecule has 26 heavy (non-hydrogen) atoms. The maximum Gasteiger partial charge on any atom is 0.255 e. The second-order valence-electron chi connectivity index (χ2n) is 7.34. The molecule has 0 radical (unpaired) electrons. The molecule has 142 valence electrons. The maximum absolute atomic E-state index is 12.7. The van der Waals surface area contributed by atoms with E-state index in [0.29, 0.717) is 23.7 Å². The quantitative estimate of drug-likeness (QED) is 0.800. The van der Waals surface area contributed by atoms with Crippen molar-refractivity contribution >= 4 is 17.6 Å². The van der Waals surface area contributed by atoms with Gasteiger partial charge in [-0.3, -0.25) is 9.59 Å². The van der Waals surface area contributed by atoms with Crippen LogP contribution in [0.25, 0.3) is 0 Å². The lowest BCUT2D eigenvalue weighted by Gasteiger charge is -2.34. The smallest absolute Gasteiger partial charge is 0.255 e. The number of aliphatic hydroxyl groups is 1. The van der Waals surface area contributed by atoms with Crippen LogP contribution in [0.15, 0.2) is 18.3 Å². The van der Waals surface area contributed by atoms with Gasteiger partial charge in [0.15, 0.2) is 0 Å². The summed E-state index contributed by atoms with van der Waals surface area (Å²) in [6.07, 6.45) is 5.13. The Labute approximate surface area is 154 Å². The molecule has 3 rings (SSSR count). The highest BCUT2D eigenvalue weighted by Gasteiger charge is 2.28. The Kier molecular flexibility index (Phi) is 6.08. The molecule has 1 atom stereocenters. The zero-order valence-electron chi connectivity index (χ0n) is 15.4. The minimum Gasteiger partial charge on any atom is -0.394 e. The van der Waals surface area contributed by atoms with Gasteiger partial charge in [0.1, 0.15) is 5.82 Å². The summed E-state index contributed by atoms with van der Waals surface area (Å²) in [6, 6.07) is 3.47. The second kappa shape index (κ2) is 8.49. The Bertz CT molecular complexity index is 626. The van der Waals surface area contributed by atoms with Gasteiger partial charge in [-0.2, -0.15) is 0 Å². The van der Waals surface area contributed by atoms with Gasteiger partial charge >= 0.3 is 0 Å². The van der Waals surface area contributed by atoms with Crippen molar-refractivity contribution in [2.75, 3.05) is 38.1 Å². The Morgan fingerprint density at radius 1 is 1.35 bits per heavy atom. The molecule has 0 aliphatic carbocycles. The van der Waals surface area contributed by atoms with E-state index in [2.05, 4.69) is 10.3 Å². The molecular formula is C19H28N4O3. The van der Waals surface area contributed by atoms with Crippen LogP contribution in [0.5, 0.6) is 0 Å². The molecule has 2 saturated heterocycles. The van der Waals surface area contributed by atoms with Crippen molar-refractivity contribution < 1.29 is 14.7 Å². The van der Waals surface area contributed by atoms with Crippen molar-refractivity contribution in [3.8, 4) is 0 Å². The van der Waals surface area contributed by atoms with Crippen molar-refractivity contribution in [1.29, 1.82) is 0 Å². The van der Waals surface area contributed by atoms with Crippen LogP contribution in [0.2, 0.25) is 0 Å². The third kappa shape index (κ3) is 4.52. The van der Waals surface area contributed by atoms with Gasteiger partial charge in [-0.25, -0.2) is 4.98 Å². The highest BCUT2D eigenvalue weighted by molar-refractivity contribution is 5.94. The van der Waals surface area contributed by atoms with Crippen LogP contribution in [0.3, 0.4) is 0 Å². The average Bonchev–Trinajstić information content (AvgIpc) is 3.07. The number of hydrogen-bond donors (Lipinski definition) is 2. The van der Waals surface area contributed by atoms with Gasteiger partial charge in [-0.1, -0.05) is 0 Å². The number of anilines is 1. The van der Waals surface area contributed by atoms with E-state index in [9.17, 15) is 9.59 Å². The zero-order chi connectivity index (χ0) is 18.5. The molecule has 2 aliphatic rings. The van der Waals surface area contributed by atoms with Crippen LogP contribution in [0.4, 0.5) is 5.82 Å². The van der Waals surface area contributed by atoms with Crippen LogP contribution >= 0.6 is 0 Å². The molecule has 2 aliphatic heterocycles. The molecule has 2 N–H and O–H groups in total. The lowest BCUT2D eigenvalue weighted by Crippen LogP contribution is -2.41. The van der Waals surface area contributed by atoms with E-state index in [1.54, 1.807) is 18.3 Å². The summed E-state index contributed by atoms with van der Waals surface area (Å²) in [5.41, 5.74) is 0.584. The van der Waals surface area contributed by atoms with E-state index in [-0.39, 0.29) is 24.5 Å². The van der Waals surface area contributed by atoms with E-state index in [1.807, 2.05) is 16.7 Å². The van der Waals surface area contributed by atoms with E-state index in [4.69, 9.17) is 5.11 Å². The highest BCUT2D eigenvalue weighted by atomic mass is 16.3. The van der Waals surface area contributed by atoms with Crippen LogP contribution < -0.4 is 5.32 Å². The van der Waals surface area contributed by atoms with Crippen molar-refractivity contribution in [3.63, 3.8) is 0 Å².